The SMILES string of the molecule is CN(C)CCn1ncc(NC2CCS(=O)(=O)C2)c(Br)c1=O. The van der Waals surface area contributed by atoms with Crippen molar-refractivity contribution < 1.29 is 8.42 Å². The lowest BCUT2D eigenvalue weighted by Gasteiger charge is -2.15. The zero-order valence-electron chi connectivity index (χ0n) is 12.0. The monoisotopic (exact) mass is 378 g/mol. The lowest BCUT2D eigenvalue weighted by Crippen LogP contribution is -2.30. The molecule has 1 aliphatic rings. The van der Waals surface area contributed by atoms with Crippen molar-refractivity contribution in [3.05, 3.63) is 21.0 Å². The summed E-state index contributed by atoms with van der Waals surface area (Å²) in [5.41, 5.74) is 0.325. The van der Waals surface area contributed by atoms with Crippen molar-refractivity contribution in [3.8, 4) is 0 Å². The van der Waals surface area contributed by atoms with Crippen molar-refractivity contribution in [1.82, 2.24) is 14.7 Å². The van der Waals surface area contributed by atoms with Crippen LogP contribution in [0.2, 0.25) is 0 Å². The molecule has 1 N–H and O–H groups in total. The van der Waals surface area contributed by atoms with Crippen molar-refractivity contribution in [2.24, 2.45) is 0 Å². The Morgan fingerprint density at radius 1 is 1.52 bits per heavy atom. The number of halogens is 1. The first-order valence-electron chi connectivity index (χ1n) is 6.66. The molecule has 0 saturated carbocycles. The van der Waals surface area contributed by atoms with Crippen LogP contribution in [0.5, 0.6) is 0 Å². The van der Waals surface area contributed by atoms with Crippen LogP contribution < -0.4 is 10.9 Å². The Hall–Kier alpha value is -0.930. The molecule has 2 heterocycles. The lowest BCUT2D eigenvalue weighted by atomic mass is 10.2. The van der Waals surface area contributed by atoms with Gasteiger partial charge in [-0.15, -0.1) is 0 Å². The Morgan fingerprint density at radius 3 is 2.81 bits per heavy atom. The van der Waals surface area contributed by atoms with Gasteiger partial charge in [0.25, 0.3) is 5.56 Å². The van der Waals surface area contributed by atoms with Gasteiger partial charge in [-0.05, 0) is 36.4 Å². The summed E-state index contributed by atoms with van der Waals surface area (Å²) >= 11 is 3.28. The molecule has 0 bridgehead atoms. The maximum Gasteiger partial charge on any atom is 0.283 e. The molecule has 2 rings (SSSR count). The number of aromatic nitrogens is 2. The topological polar surface area (TPSA) is 84.3 Å². The smallest absolute Gasteiger partial charge is 0.283 e. The number of nitrogens with zero attached hydrogens (tertiary/aromatic N) is 3. The average molecular weight is 379 g/mol. The molecule has 1 saturated heterocycles. The van der Waals surface area contributed by atoms with Crippen molar-refractivity contribution >= 4 is 31.5 Å². The van der Waals surface area contributed by atoms with Gasteiger partial charge in [0.1, 0.15) is 4.47 Å². The van der Waals surface area contributed by atoms with Gasteiger partial charge >= 0.3 is 0 Å². The van der Waals surface area contributed by atoms with Crippen LogP contribution in [0.1, 0.15) is 6.42 Å². The van der Waals surface area contributed by atoms with E-state index in [-0.39, 0.29) is 23.1 Å². The van der Waals surface area contributed by atoms with E-state index in [1.807, 2.05) is 19.0 Å². The van der Waals surface area contributed by atoms with E-state index in [1.54, 1.807) is 6.20 Å². The summed E-state index contributed by atoms with van der Waals surface area (Å²) in [7, 11) is 0.902. The Kier molecular flexibility index (Phi) is 5.05. The van der Waals surface area contributed by atoms with E-state index in [2.05, 4.69) is 26.3 Å². The van der Waals surface area contributed by atoms with Crippen LogP contribution in [-0.4, -0.2) is 61.3 Å². The van der Waals surface area contributed by atoms with Crippen LogP contribution in [-0.2, 0) is 16.4 Å². The quantitative estimate of drug-likeness (QED) is 0.785. The molecule has 118 valence electrons. The van der Waals surface area contributed by atoms with Gasteiger partial charge in [-0.2, -0.15) is 5.10 Å². The summed E-state index contributed by atoms with van der Waals surface area (Å²) in [5, 5.41) is 7.21. The third-order valence-corrected chi connectivity index (χ3v) is 5.87. The molecule has 1 atom stereocenters. The summed E-state index contributed by atoms with van der Waals surface area (Å²) in [6, 6.07) is -0.162. The summed E-state index contributed by atoms with van der Waals surface area (Å²) in [5.74, 6) is 0.290. The molecule has 0 amide bonds. The number of sulfone groups is 1. The fourth-order valence-electron chi connectivity index (χ4n) is 2.15. The molecule has 1 aromatic rings. The number of nitrogens with one attached hydrogen (secondary N) is 1. The van der Waals surface area contributed by atoms with E-state index in [0.29, 0.717) is 29.7 Å². The van der Waals surface area contributed by atoms with Crippen LogP contribution >= 0.6 is 15.9 Å². The van der Waals surface area contributed by atoms with Gasteiger partial charge in [-0.25, -0.2) is 13.1 Å². The highest BCUT2D eigenvalue weighted by Crippen LogP contribution is 2.21. The van der Waals surface area contributed by atoms with Gasteiger partial charge in [0.2, 0.25) is 0 Å². The number of rotatable bonds is 5. The first-order valence-corrected chi connectivity index (χ1v) is 9.27. The molecule has 0 aromatic carbocycles. The molecule has 0 aliphatic carbocycles. The number of likely N-dealkylation sites (N-methyl/N-ethyl adjacent to an activating group) is 1. The van der Waals surface area contributed by atoms with Gasteiger partial charge in [-0.3, -0.25) is 4.79 Å². The second-order valence-corrected chi connectivity index (χ2v) is 8.47. The largest absolute Gasteiger partial charge is 0.379 e. The molecule has 0 radical (unpaired) electrons. The van der Waals surface area contributed by atoms with Crippen LogP contribution in [0.4, 0.5) is 5.69 Å². The molecule has 1 aliphatic heterocycles. The average Bonchev–Trinajstić information content (AvgIpc) is 2.73. The first-order chi connectivity index (χ1) is 9.78. The molecule has 1 fully saturated rings. The maximum atomic E-state index is 12.2. The third kappa shape index (κ3) is 4.27. The van der Waals surface area contributed by atoms with Gasteiger partial charge in [0.05, 0.1) is 29.9 Å². The van der Waals surface area contributed by atoms with Crippen molar-refractivity contribution in [3.63, 3.8) is 0 Å². The molecule has 1 aromatic heterocycles. The highest BCUT2D eigenvalue weighted by molar-refractivity contribution is 9.10. The summed E-state index contributed by atoms with van der Waals surface area (Å²) in [4.78, 5) is 14.1. The highest BCUT2D eigenvalue weighted by atomic mass is 79.9. The van der Waals surface area contributed by atoms with Gasteiger partial charge in [0.15, 0.2) is 9.84 Å². The summed E-state index contributed by atoms with van der Waals surface area (Å²) in [6.07, 6.45) is 2.12. The first kappa shape index (κ1) is 16.4. The van der Waals surface area contributed by atoms with E-state index in [1.165, 1.54) is 4.68 Å². The van der Waals surface area contributed by atoms with Gasteiger partial charge in [-0.1, -0.05) is 0 Å². The fraction of sp³-hybridized carbons (Fsp3) is 0.667. The summed E-state index contributed by atoms with van der Waals surface area (Å²) < 4.78 is 24.7. The van der Waals surface area contributed by atoms with Gasteiger partial charge in [0, 0.05) is 12.6 Å². The van der Waals surface area contributed by atoms with Gasteiger partial charge < -0.3 is 10.2 Å². The number of anilines is 1. The van der Waals surface area contributed by atoms with E-state index in [0.717, 1.165) is 0 Å². The Morgan fingerprint density at radius 2 is 2.24 bits per heavy atom. The summed E-state index contributed by atoms with van der Waals surface area (Å²) in [6.45, 7) is 1.22. The number of hydrogen-bond acceptors (Lipinski definition) is 6. The van der Waals surface area contributed by atoms with Crippen LogP contribution in [0.15, 0.2) is 15.5 Å². The molecule has 21 heavy (non-hydrogen) atoms. The number of hydrogen-bond donors (Lipinski definition) is 1. The van der Waals surface area contributed by atoms with Crippen LogP contribution in [0.25, 0.3) is 0 Å². The zero-order chi connectivity index (χ0) is 15.6. The zero-order valence-corrected chi connectivity index (χ0v) is 14.4. The van der Waals surface area contributed by atoms with Crippen LogP contribution in [0, 0.1) is 0 Å². The standard InChI is InChI=1S/C12H19BrN4O3S/c1-16(2)4-5-17-12(18)11(13)10(7-14-17)15-9-3-6-21(19,20)8-9/h7,9,15H,3-6,8H2,1-2H3. The van der Waals surface area contributed by atoms with E-state index < -0.39 is 9.84 Å². The van der Waals surface area contributed by atoms with Crippen molar-refractivity contribution in [2.75, 3.05) is 37.5 Å². The Labute approximate surface area is 132 Å². The van der Waals surface area contributed by atoms with E-state index >= 15 is 0 Å². The molecule has 7 nitrogen and oxygen atoms in total. The van der Waals surface area contributed by atoms with Crippen molar-refractivity contribution in [1.29, 1.82) is 0 Å². The van der Waals surface area contributed by atoms with E-state index in [4.69, 9.17) is 0 Å². The second kappa shape index (κ2) is 6.45. The molecule has 1 unspecified atom stereocenters. The fourth-order valence-corrected chi connectivity index (χ4v) is 4.24. The van der Waals surface area contributed by atoms with Crippen LogP contribution in [0.3, 0.4) is 0 Å². The Bertz CT molecular complexity index is 672. The predicted molar refractivity (Wildman–Crippen MR) is 85.4 cm³/mol. The maximum absolute atomic E-state index is 12.2. The normalized spacial score (nSPS) is 20.9. The molecule has 9 heteroatoms. The molecular weight excluding hydrogens is 360 g/mol. The third-order valence-electron chi connectivity index (χ3n) is 3.34. The Balaban J connectivity index is 2.12. The van der Waals surface area contributed by atoms with Crippen molar-refractivity contribution in [2.45, 2.75) is 19.0 Å². The minimum atomic E-state index is -2.95. The minimum Gasteiger partial charge on any atom is -0.379 e. The molecule has 0 spiro atoms. The second-order valence-electron chi connectivity index (χ2n) is 5.45. The highest BCUT2D eigenvalue weighted by Gasteiger charge is 2.28. The molecular formula is C12H19BrN4O3S. The predicted octanol–water partition coefficient (Wildman–Crippen LogP) is 0.166. The minimum absolute atomic E-state index is 0.100. The lowest BCUT2D eigenvalue weighted by molar-refractivity contribution is 0.367. The van der Waals surface area contributed by atoms with E-state index in [9.17, 15) is 13.2 Å².